The number of aromatic nitrogens is 1. The monoisotopic (exact) mass is 586 g/mol. The Kier molecular flexibility index (Phi) is 9.89. The molecule has 3 aliphatic rings. The number of piperidine rings is 1. The number of benzene rings is 2. The molecule has 2 aromatic carbocycles. The van der Waals surface area contributed by atoms with Gasteiger partial charge in [-0.15, -0.1) is 11.3 Å². The minimum Gasteiger partial charge on any atom is -0.480 e. The Morgan fingerprint density at radius 2 is 1.67 bits per heavy atom. The summed E-state index contributed by atoms with van der Waals surface area (Å²) < 4.78 is 0. The van der Waals surface area contributed by atoms with Crippen molar-refractivity contribution in [2.75, 3.05) is 44.2 Å². The summed E-state index contributed by atoms with van der Waals surface area (Å²) >= 11 is 1.75. The van der Waals surface area contributed by atoms with Gasteiger partial charge in [0.2, 0.25) is 0 Å². The lowest BCUT2D eigenvalue weighted by atomic mass is 9.83. The summed E-state index contributed by atoms with van der Waals surface area (Å²) in [4.78, 5) is 24.9. The largest absolute Gasteiger partial charge is 0.480 e. The van der Waals surface area contributed by atoms with Crippen molar-refractivity contribution in [1.82, 2.24) is 14.8 Å². The van der Waals surface area contributed by atoms with Crippen LogP contribution in [0.3, 0.4) is 0 Å². The average molecular weight is 587 g/mol. The quantitative estimate of drug-likeness (QED) is 0.280. The summed E-state index contributed by atoms with van der Waals surface area (Å²) in [6.07, 6.45) is 10.9. The molecule has 224 valence electrons. The SMILES string of the molecule is O=C(O)C(C1CCCCC1)N1CC(CN2CCC(N(CCc3ccccc3)c3nccs3)CC2)C(c2ccccc2)C1. The summed E-state index contributed by atoms with van der Waals surface area (Å²) in [5.41, 5.74) is 2.74. The first-order valence-electron chi connectivity index (χ1n) is 16.1. The van der Waals surface area contributed by atoms with Crippen LogP contribution in [-0.2, 0) is 11.2 Å². The second kappa shape index (κ2) is 14.2. The van der Waals surface area contributed by atoms with E-state index in [2.05, 4.69) is 80.7 Å². The van der Waals surface area contributed by atoms with Gasteiger partial charge in [0, 0.05) is 62.8 Å². The number of rotatable bonds is 11. The van der Waals surface area contributed by atoms with Gasteiger partial charge in [0.05, 0.1) is 0 Å². The van der Waals surface area contributed by atoms with Gasteiger partial charge in [-0.25, -0.2) is 4.98 Å². The molecule has 3 heterocycles. The van der Waals surface area contributed by atoms with Gasteiger partial charge in [-0.1, -0.05) is 79.9 Å². The van der Waals surface area contributed by atoms with E-state index in [4.69, 9.17) is 4.98 Å². The summed E-state index contributed by atoms with van der Waals surface area (Å²) in [6, 6.07) is 21.8. The van der Waals surface area contributed by atoms with E-state index in [1.54, 1.807) is 11.3 Å². The van der Waals surface area contributed by atoms with Crippen molar-refractivity contribution >= 4 is 22.4 Å². The van der Waals surface area contributed by atoms with E-state index >= 15 is 0 Å². The topological polar surface area (TPSA) is 59.9 Å². The maximum atomic E-state index is 12.6. The van der Waals surface area contributed by atoms with Gasteiger partial charge in [-0.2, -0.15) is 0 Å². The molecule has 1 N–H and O–H groups in total. The number of hydrogen-bond acceptors (Lipinski definition) is 6. The average Bonchev–Trinajstić information content (AvgIpc) is 3.71. The Hall–Kier alpha value is -2.74. The fraction of sp³-hybridized carbons (Fsp3) is 0.543. The number of nitrogens with zero attached hydrogens (tertiary/aromatic N) is 4. The van der Waals surface area contributed by atoms with Gasteiger partial charge in [0.25, 0.3) is 0 Å². The van der Waals surface area contributed by atoms with E-state index in [9.17, 15) is 9.90 Å². The molecule has 3 atom stereocenters. The van der Waals surface area contributed by atoms with E-state index in [0.717, 1.165) is 76.5 Å². The number of likely N-dealkylation sites (tertiary alicyclic amines) is 2. The first-order valence-corrected chi connectivity index (χ1v) is 17.0. The van der Waals surface area contributed by atoms with Gasteiger partial charge in [-0.3, -0.25) is 9.69 Å². The minimum absolute atomic E-state index is 0.287. The Morgan fingerprint density at radius 3 is 2.33 bits per heavy atom. The molecule has 1 aromatic heterocycles. The van der Waals surface area contributed by atoms with Crippen LogP contribution in [0, 0.1) is 11.8 Å². The fourth-order valence-electron chi connectivity index (χ4n) is 7.93. The first-order chi connectivity index (χ1) is 20.7. The minimum atomic E-state index is -0.618. The number of anilines is 1. The van der Waals surface area contributed by atoms with Crippen molar-refractivity contribution in [3.8, 4) is 0 Å². The van der Waals surface area contributed by atoms with Crippen molar-refractivity contribution in [2.24, 2.45) is 11.8 Å². The summed E-state index contributed by atoms with van der Waals surface area (Å²) in [7, 11) is 0. The molecule has 0 amide bonds. The van der Waals surface area contributed by atoms with Crippen LogP contribution < -0.4 is 4.90 Å². The Labute approximate surface area is 255 Å². The predicted molar refractivity (Wildman–Crippen MR) is 171 cm³/mol. The van der Waals surface area contributed by atoms with Gasteiger partial charge >= 0.3 is 5.97 Å². The Balaban J connectivity index is 1.11. The molecule has 3 fully saturated rings. The molecule has 2 aliphatic heterocycles. The van der Waals surface area contributed by atoms with Crippen molar-refractivity contribution in [3.63, 3.8) is 0 Å². The maximum Gasteiger partial charge on any atom is 0.321 e. The summed E-state index contributed by atoms with van der Waals surface area (Å²) in [6.45, 7) is 5.95. The Bertz CT molecular complexity index is 1230. The first kappa shape index (κ1) is 29.3. The van der Waals surface area contributed by atoms with E-state index in [-0.39, 0.29) is 12.0 Å². The van der Waals surface area contributed by atoms with Crippen LogP contribution in [0.15, 0.2) is 72.2 Å². The highest BCUT2D eigenvalue weighted by Crippen LogP contribution is 2.39. The van der Waals surface area contributed by atoms with E-state index < -0.39 is 5.97 Å². The highest BCUT2D eigenvalue weighted by molar-refractivity contribution is 7.13. The standard InChI is InChI=1S/C35H46N4O2S/c40-34(41)33(29-14-8-3-9-15-29)38-25-30(32(26-38)28-12-6-2-7-13-28)24-37-20-17-31(18-21-37)39(35-36-19-23-42-35)22-16-27-10-4-1-5-11-27/h1-2,4-7,10-13,19,23,29-33H,3,8-9,14-18,20-22,24-26H2,(H,40,41). The lowest BCUT2D eigenvalue weighted by molar-refractivity contribution is -0.145. The van der Waals surface area contributed by atoms with Crippen LogP contribution in [0.2, 0.25) is 0 Å². The predicted octanol–water partition coefficient (Wildman–Crippen LogP) is 6.41. The molecule has 6 rings (SSSR count). The fourth-order valence-corrected chi connectivity index (χ4v) is 8.67. The molecule has 42 heavy (non-hydrogen) atoms. The highest BCUT2D eigenvalue weighted by atomic mass is 32.1. The van der Waals surface area contributed by atoms with E-state index in [1.165, 1.54) is 30.4 Å². The summed E-state index contributed by atoms with van der Waals surface area (Å²) in [5, 5.41) is 13.6. The molecule has 1 aliphatic carbocycles. The second-order valence-electron chi connectivity index (χ2n) is 12.7. The summed E-state index contributed by atoms with van der Waals surface area (Å²) in [5.74, 6) is 0.498. The molecule has 3 aromatic rings. The molecule has 6 nitrogen and oxygen atoms in total. The van der Waals surface area contributed by atoms with Gasteiger partial charge in [0.15, 0.2) is 5.13 Å². The molecule has 0 radical (unpaired) electrons. The Morgan fingerprint density at radius 1 is 0.952 bits per heavy atom. The maximum absolute atomic E-state index is 12.6. The van der Waals surface area contributed by atoms with E-state index in [1.807, 2.05) is 6.20 Å². The molecule has 2 saturated heterocycles. The normalized spacial score (nSPS) is 23.6. The smallest absolute Gasteiger partial charge is 0.321 e. The molecule has 0 bridgehead atoms. The highest BCUT2D eigenvalue weighted by Gasteiger charge is 2.43. The zero-order valence-corrected chi connectivity index (χ0v) is 25.6. The number of carbonyl (C=O) groups is 1. The molecule has 0 spiro atoms. The molecular weight excluding hydrogens is 540 g/mol. The van der Waals surface area contributed by atoms with Crippen LogP contribution in [-0.4, -0.2) is 77.2 Å². The number of thiazole rings is 1. The van der Waals surface area contributed by atoms with E-state index in [0.29, 0.717) is 17.9 Å². The lowest BCUT2D eigenvalue weighted by Gasteiger charge is -2.40. The molecule has 1 saturated carbocycles. The second-order valence-corrected chi connectivity index (χ2v) is 13.6. The van der Waals surface area contributed by atoms with Crippen LogP contribution in [0.25, 0.3) is 0 Å². The molecular formula is C35H46N4O2S. The van der Waals surface area contributed by atoms with Crippen molar-refractivity contribution in [3.05, 3.63) is 83.4 Å². The van der Waals surface area contributed by atoms with Gasteiger partial charge in [-0.05, 0) is 55.1 Å². The van der Waals surface area contributed by atoms with Gasteiger partial charge < -0.3 is 14.9 Å². The van der Waals surface area contributed by atoms with Gasteiger partial charge in [0.1, 0.15) is 6.04 Å². The zero-order valence-electron chi connectivity index (χ0n) is 24.8. The van der Waals surface area contributed by atoms with Crippen LogP contribution in [0.4, 0.5) is 5.13 Å². The number of carboxylic acid groups (broad SMARTS) is 1. The number of carboxylic acids is 1. The number of aliphatic carboxylic acids is 1. The third-order valence-electron chi connectivity index (χ3n) is 10.1. The molecule has 7 heteroatoms. The van der Waals surface area contributed by atoms with Crippen LogP contribution >= 0.6 is 11.3 Å². The lowest BCUT2D eigenvalue weighted by Crippen LogP contribution is -2.48. The van der Waals surface area contributed by atoms with Crippen molar-refractivity contribution in [1.29, 1.82) is 0 Å². The van der Waals surface area contributed by atoms with Crippen LogP contribution in [0.5, 0.6) is 0 Å². The third kappa shape index (κ3) is 7.07. The zero-order chi connectivity index (χ0) is 28.7. The van der Waals surface area contributed by atoms with Crippen molar-refractivity contribution in [2.45, 2.75) is 69.4 Å². The third-order valence-corrected chi connectivity index (χ3v) is 10.9. The molecule has 3 unspecified atom stereocenters. The number of hydrogen-bond donors (Lipinski definition) is 1. The van der Waals surface area contributed by atoms with Crippen LogP contribution in [0.1, 0.15) is 62.0 Å². The van der Waals surface area contributed by atoms with Crippen molar-refractivity contribution < 1.29 is 9.90 Å².